The van der Waals surface area contributed by atoms with Gasteiger partial charge < -0.3 is 9.47 Å². The molecule has 3 rings (SSSR count). The van der Waals surface area contributed by atoms with E-state index in [4.69, 9.17) is 9.47 Å². The first-order valence-electron chi connectivity index (χ1n) is 13.5. The molecule has 0 atom stereocenters. The van der Waals surface area contributed by atoms with Crippen LogP contribution in [0, 0.1) is 10.1 Å². The number of benzene rings is 3. The van der Waals surface area contributed by atoms with Crippen LogP contribution in [0.3, 0.4) is 0 Å². The summed E-state index contributed by atoms with van der Waals surface area (Å²) in [4.78, 5) is 35.4. The van der Waals surface area contributed by atoms with Crippen molar-refractivity contribution < 1.29 is 24.0 Å². The Bertz CT molecular complexity index is 1270. The van der Waals surface area contributed by atoms with Crippen LogP contribution in [0.2, 0.25) is 0 Å². The summed E-state index contributed by atoms with van der Waals surface area (Å²) < 4.78 is 11.3. The topological polar surface area (TPSA) is 95.7 Å². The van der Waals surface area contributed by atoms with Crippen molar-refractivity contribution >= 4 is 23.5 Å². The number of allylic oxidation sites excluding steroid dienone is 1. The van der Waals surface area contributed by atoms with Crippen LogP contribution in [-0.2, 0) is 0 Å². The van der Waals surface area contributed by atoms with Crippen LogP contribution in [0.25, 0.3) is 6.08 Å². The highest BCUT2D eigenvalue weighted by molar-refractivity contribution is 6.07. The van der Waals surface area contributed by atoms with Gasteiger partial charge in [0.15, 0.2) is 5.78 Å². The second-order valence-corrected chi connectivity index (χ2v) is 9.31. The van der Waals surface area contributed by atoms with Gasteiger partial charge in [-0.15, -0.1) is 0 Å². The monoisotopic (exact) mass is 529 g/mol. The van der Waals surface area contributed by atoms with Crippen LogP contribution in [0.1, 0.15) is 84.6 Å². The van der Waals surface area contributed by atoms with E-state index in [1.807, 2.05) is 0 Å². The van der Waals surface area contributed by atoms with E-state index >= 15 is 0 Å². The van der Waals surface area contributed by atoms with Gasteiger partial charge in [0.1, 0.15) is 11.5 Å². The van der Waals surface area contributed by atoms with Gasteiger partial charge in [0.25, 0.3) is 5.69 Å². The Balaban J connectivity index is 1.46. The third-order valence-corrected chi connectivity index (χ3v) is 6.19. The largest absolute Gasteiger partial charge is 0.494 e. The van der Waals surface area contributed by atoms with Gasteiger partial charge in [0.2, 0.25) is 0 Å². The van der Waals surface area contributed by atoms with Crippen LogP contribution >= 0.6 is 0 Å². The number of unbranched alkanes of at least 4 members (excludes halogenated alkanes) is 7. The lowest BCUT2D eigenvalue weighted by Gasteiger charge is -2.08. The SMILES string of the molecule is CCCCCCCCCCOc1ccc(C(=O)Oc2cccc(/C=C/C(=O)c3cccc([N+](=O)[O-])c3)c2)cc1. The van der Waals surface area contributed by atoms with Crippen LogP contribution in [0.5, 0.6) is 11.5 Å². The van der Waals surface area contributed by atoms with E-state index in [9.17, 15) is 19.7 Å². The van der Waals surface area contributed by atoms with Crippen molar-refractivity contribution in [2.45, 2.75) is 58.3 Å². The van der Waals surface area contributed by atoms with E-state index in [1.165, 1.54) is 68.9 Å². The summed E-state index contributed by atoms with van der Waals surface area (Å²) in [6.07, 6.45) is 12.8. The van der Waals surface area contributed by atoms with Gasteiger partial charge in [-0.2, -0.15) is 0 Å². The number of hydrogen-bond donors (Lipinski definition) is 0. The number of nitro groups is 1. The number of carbonyl (C=O) groups excluding carboxylic acids is 2. The maximum Gasteiger partial charge on any atom is 0.343 e. The molecular weight excluding hydrogens is 494 g/mol. The lowest BCUT2D eigenvalue weighted by Crippen LogP contribution is -2.08. The molecule has 0 amide bonds. The van der Waals surface area contributed by atoms with Gasteiger partial charge in [-0.25, -0.2) is 4.79 Å². The second kappa shape index (κ2) is 15.9. The third-order valence-electron chi connectivity index (χ3n) is 6.19. The van der Waals surface area contributed by atoms with Gasteiger partial charge >= 0.3 is 5.97 Å². The van der Waals surface area contributed by atoms with E-state index in [1.54, 1.807) is 54.6 Å². The first kappa shape index (κ1) is 29.3. The van der Waals surface area contributed by atoms with Crippen molar-refractivity contribution in [1.82, 2.24) is 0 Å². The van der Waals surface area contributed by atoms with E-state index in [-0.39, 0.29) is 17.0 Å². The lowest BCUT2D eigenvalue weighted by atomic mass is 10.1. The molecule has 0 aromatic heterocycles. The van der Waals surface area contributed by atoms with Gasteiger partial charge in [-0.3, -0.25) is 14.9 Å². The minimum Gasteiger partial charge on any atom is -0.494 e. The first-order valence-corrected chi connectivity index (χ1v) is 13.5. The summed E-state index contributed by atoms with van der Waals surface area (Å²) in [5.74, 6) is 0.180. The van der Waals surface area contributed by atoms with Crippen molar-refractivity contribution in [2.24, 2.45) is 0 Å². The fourth-order valence-electron chi connectivity index (χ4n) is 4.00. The Morgan fingerprint density at radius 1 is 0.795 bits per heavy atom. The number of esters is 1. The number of rotatable bonds is 16. The molecule has 0 saturated carbocycles. The standard InChI is InChI=1S/C32H35NO6/c1-2-3-4-5-6-7-8-9-22-38-29-19-17-26(18-20-29)32(35)39-30-15-10-12-25(23-30)16-21-31(34)27-13-11-14-28(24-27)33(36)37/h10-21,23-24H,2-9,22H2,1H3/b21-16+. The maximum absolute atomic E-state index is 12.6. The molecule has 0 saturated heterocycles. The molecule has 0 aliphatic heterocycles. The predicted molar refractivity (Wildman–Crippen MR) is 152 cm³/mol. The van der Waals surface area contributed by atoms with Crippen molar-refractivity contribution in [1.29, 1.82) is 0 Å². The summed E-state index contributed by atoms with van der Waals surface area (Å²) in [6, 6.07) is 19.2. The molecular formula is C32H35NO6. The number of nitrogens with zero attached hydrogens (tertiary/aromatic N) is 1. The zero-order valence-electron chi connectivity index (χ0n) is 22.3. The molecule has 0 bridgehead atoms. The van der Waals surface area contributed by atoms with Crippen LogP contribution in [0.15, 0.2) is 78.9 Å². The quantitative estimate of drug-likeness (QED) is 0.0353. The van der Waals surface area contributed by atoms with Crippen molar-refractivity contribution in [2.75, 3.05) is 6.61 Å². The third kappa shape index (κ3) is 10.2. The number of ketones is 1. The number of nitro benzene ring substituents is 1. The number of non-ortho nitro benzene ring substituents is 1. The average molecular weight is 530 g/mol. The molecule has 0 aliphatic carbocycles. The molecule has 0 radical (unpaired) electrons. The first-order chi connectivity index (χ1) is 19.0. The smallest absolute Gasteiger partial charge is 0.343 e. The van der Waals surface area contributed by atoms with Gasteiger partial charge in [0.05, 0.1) is 17.1 Å². The average Bonchev–Trinajstić information content (AvgIpc) is 2.95. The van der Waals surface area contributed by atoms with Gasteiger partial charge in [-0.1, -0.05) is 82.2 Å². The van der Waals surface area contributed by atoms with E-state index in [0.29, 0.717) is 23.5 Å². The number of hydrogen-bond acceptors (Lipinski definition) is 6. The maximum atomic E-state index is 12.6. The Kier molecular flexibility index (Phi) is 11.9. The highest BCUT2D eigenvalue weighted by atomic mass is 16.6. The number of carbonyl (C=O) groups is 2. The summed E-state index contributed by atoms with van der Waals surface area (Å²) >= 11 is 0. The highest BCUT2D eigenvalue weighted by Gasteiger charge is 2.11. The summed E-state index contributed by atoms with van der Waals surface area (Å²) in [5, 5.41) is 10.9. The molecule has 0 fully saturated rings. The van der Waals surface area contributed by atoms with E-state index in [2.05, 4.69) is 6.92 Å². The molecule has 3 aromatic carbocycles. The fraction of sp³-hybridized carbons (Fsp3) is 0.312. The Morgan fingerprint density at radius 2 is 1.49 bits per heavy atom. The summed E-state index contributed by atoms with van der Waals surface area (Å²) in [6.45, 7) is 2.88. The molecule has 0 heterocycles. The molecule has 7 heteroatoms. The molecule has 39 heavy (non-hydrogen) atoms. The minimum atomic E-state index is -0.545. The minimum absolute atomic E-state index is 0.147. The normalized spacial score (nSPS) is 10.9. The Hall–Kier alpha value is -4.26. The second-order valence-electron chi connectivity index (χ2n) is 9.31. The summed E-state index contributed by atoms with van der Waals surface area (Å²) in [5.41, 5.74) is 1.11. The van der Waals surface area contributed by atoms with Gasteiger partial charge in [0, 0.05) is 17.7 Å². The fourth-order valence-corrected chi connectivity index (χ4v) is 4.00. The van der Waals surface area contributed by atoms with E-state index in [0.717, 1.165) is 18.6 Å². The predicted octanol–water partition coefficient (Wildman–Crippen LogP) is 8.23. The zero-order valence-corrected chi connectivity index (χ0v) is 22.3. The Morgan fingerprint density at radius 3 is 2.21 bits per heavy atom. The van der Waals surface area contributed by atoms with Crippen LogP contribution in [0.4, 0.5) is 5.69 Å². The zero-order chi connectivity index (χ0) is 27.9. The molecule has 0 N–H and O–H groups in total. The number of ether oxygens (including phenoxy) is 2. The van der Waals surface area contributed by atoms with Crippen molar-refractivity contribution in [3.8, 4) is 11.5 Å². The molecule has 0 spiro atoms. The lowest BCUT2D eigenvalue weighted by molar-refractivity contribution is -0.384. The molecule has 204 valence electrons. The van der Waals surface area contributed by atoms with Crippen molar-refractivity contribution in [3.05, 3.63) is 106 Å². The Labute approximate surface area is 229 Å². The molecule has 7 nitrogen and oxygen atoms in total. The van der Waals surface area contributed by atoms with E-state index < -0.39 is 10.9 Å². The molecule has 0 aliphatic rings. The molecule has 0 unspecified atom stereocenters. The van der Waals surface area contributed by atoms with Crippen LogP contribution in [-0.4, -0.2) is 23.3 Å². The summed E-state index contributed by atoms with van der Waals surface area (Å²) in [7, 11) is 0. The van der Waals surface area contributed by atoms with Crippen molar-refractivity contribution in [3.63, 3.8) is 0 Å². The molecule has 3 aromatic rings. The van der Waals surface area contributed by atoms with Crippen LogP contribution < -0.4 is 9.47 Å². The highest BCUT2D eigenvalue weighted by Crippen LogP contribution is 2.19. The van der Waals surface area contributed by atoms with Gasteiger partial charge in [-0.05, 0) is 54.5 Å².